The molecular weight excluding hydrogens is 1060 g/mol. The summed E-state index contributed by atoms with van der Waals surface area (Å²) in [6, 6.07) is 35.0. The van der Waals surface area contributed by atoms with Crippen LogP contribution in [0.1, 0.15) is 202 Å². The molecule has 21 rings (SSSR count). The Bertz CT molecular complexity index is 4460. The molecule has 0 aromatic heterocycles. The Morgan fingerprint density at radius 2 is 0.805 bits per heavy atom. The molecule has 11 heteroatoms. The maximum absolute atomic E-state index is 13.5. The first-order valence-electron chi connectivity index (χ1n) is 30.3. The molecule has 0 heterocycles. The minimum absolute atomic E-state index is 0.0362. The molecule has 11 atom stereocenters. The third kappa shape index (κ3) is 4.57. The fraction of sp³-hybridized carbons (Fsp3) is 0.394. The van der Waals surface area contributed by atoms with E-state index in [1.165, 1.54) is 75.3 Å². The van der Waals surface area contributed by atoms with Gasteiger partial charge in [-0.05, 0) is 303 Å². The molecule has 0 radical (unpaired) electrons. The zero-order valence-electron chi connectivity index (χ0n) is 46.2. The first-order valence-corrected chi connectivity index (χ1v) is 33.2. The van der Waals surface area contributed by atoms with Gasteiger partial charge in [0.2, 0.25) is 4.08 Å². The summed E-state index contributed by atoms with van der Waals surface area (Å²) >= 11 is 0. The molecule has 0 saturated heterocycles. The summed E-state index contributed by atoms with van der Waals surface area (Å²) in [6.07, 6.45) is 13.9. The van der Waals surface area contributed by atoms with E-state index in [0.717, 1.165) is 22.8 Å². The molecule has 0 bridgehead atoms. The molecule has 9 nitrogen and oxygen atoms in total. The van der Waals surface area contributed by atoms with Gasteiger partial charge in [-0.3, -0.25) is 13.9 Å². The Labute approximate surface area is 476 Å². The molecule has 14 aliphatic rings. The molecule has 7 aromatic rings. The topological polar surface area (TPSA) is 144 Å². The summed E-state index contributed by atoms with van der Waals surface area (Å²) in [4.78, 5) is 13.5. The summed E-state index contributed by atoms with van der Waals surface area (Å²) < 4.78 is 68.1. The molecular formula is C71H60O9S2. The van der Waals surface area contributed by atoms with E-state index < -0.39 is 24.3 Å². The second-order valence-electron chi connectivity index (χ2n) is 27.8. The van der Waals surface area contributed by atoms with Crippen molar-refractivity contribution in [3.8, 4) is 17.2 Å². The number of carbonyl (C=O) groups excluding carboxylic acids is 1. The standard InChI is InChI=1S/C68H52O3.C3H8O6S2/c1-29-3-5-30(6-4-29)65(69)31-7-13-35(14-8-31)71-36-17-11-33(12-18-36)66(32-9-15-34(70-2)16-10-32)67-61-45-27-25-43-41-23-21-39-37-19-20-38-40-22-24-42-44-26-28-46(45)62(67)54(44)58-52(42)50(40)56-48(38)47(37)55-49(39)51(41)57(53(43)61)63-59(55)60(56)64(58)68(63,66)67;1-3(2,10(4,5)6)11(7,8)9/h3-18,37-46H,19-28H2,1-2H3;1-2H3,(H,4,5,6)(H,7,8,9). The zero-order valence-corrected chi connectivity index (χ0v) is 47.8. The third-order valence-electron chi connectivity index (χ3n) is 25.3. The third-order valence-corrected chi connectivity index (χ3v) is 29.1. The van der Waals surface area contributed by atoms with E-state index in [0.29, 0.717) is 84.2 Å². The molecule has 2 fully saturated rings. The number of carbonyl (C=O) groups is 1. The SMILES string of the molecule is CC(C)(S(=O)(=O)O)S(=O)(=O)O.COc1ccc(C2(c3ccc(Oc4ccc(C(=O)c5ccc(C)cc5)cc4)cc3)C34C5=C6c7c8c9c%10c%11c%12c%13c%14c%15c(c%16c%13c%10c7C%1632)C2=C4C3CCC2C%15CCC%14C%12CCC%11C9CCC8C6CCC53)cc1. The van der Waals surface area contributed by atoms with Gasteiger partial charge < -0.3 is 9.47 Å². The fourth-order valence-electron chi connectivity index (χ4n) is 23.0. The number of rotatable bonds is 9. The molecule has 0 aliphatic heterocycles. The van der Waals surface area contributed by atoms with Crippen molar-refractivity contribution >= 4 is 58.7 Å². The maximum Gasteiger partial charge on any atom is 0.287 e. The summed E-state index contributed by atoms with van der Waals surface area (Å²) in [5, 5.41) is 7.24. The molecule has 14 aliphatic carbocycles. The van der Waals surface area contributed by atoms with Crippen molar-refractivity contribution in [3.05, 3.63) is 192 Å². The Morgan fingerprint density at radius 3 is 1.21 bits per heavy atom. The molecule has 410 valence electrons. The van der Waals surface area contributed by atoms with Crippen LogP contribution in [-0.4, -0.2) is 42.9 Å². The number of fused-ring (bicyclic) bond motifs is 5. The Morgan fingerprint density at radius 1 is 0.451 bits per heavy atom. The van der Waals surface area contributed by atoms with Crippen molar-refractivity contribution in [3.63, 3.8) is 0 Å². The van der Waals surface area contributed by atoms with Crippen molar-refractivity contribution in [2.45, 2.75) is 135 Å². The van der Waals surface area contributed by atoms with Crippen molar-refractivity contribution in [1.82, 2.24) is 0 Å². The summed E-state index contributed by atoms with van der Waals surface area (Å²) in [7, 11) is -7.76. The van der Waals surface area contributed by atoms with E-state index in [1.807, 2.05) is 144 Å². The predicted molar refractivity (Wildman–Crippen MR) is 314 cm³/mol. The lowest BCUT2D eigenvalue weighted by atomic mass is 9.62. The molecule has 2 N–H and O–H groups in total. The van der Waals surface area contributed by atoms with E-state index in [4.69, 9.17) is 18.6 Å². The van der Waals surface area contributed by atoms with E-state index in [1.54, 1.807) is 10.8 Å². The number of methoxy groups -OCH3 is 1. The molecule has 11 unspecified atom stereocenters. The highest BCUT2D eigenvalue weighted by Crippen LogP contribution is 3.01. The smallest absolute Gasteiger partial charge is 0.287 e. The van der Waals surface area contributed by atoms with Crippen LogP contribution in [0, 0.1) is 36.0 Å². The van der Waals surface area contributed by atoms with Crippen LogP contribution in [0.25, 0.3) is 32.7 Å². The van der Waals surface area contributed by atoms with E-state index in [9.17, 15) is 21.6 Å². The van der Waals surface area contributed by atoms with Gasteiger partial charge in [0.1, 0.15) is 17.2 Å². The molecule has 0 amide bonds. The Balaban J connectivity index is 0.000000405. The number of ketones is 1. The number of aryl methyl sites for hydroxylation is 1. The second-order valence-corrected chi connectivity index (χ2v) is 32.0. The van der Waals surface area contributed by atoms with Crippen LogP contribution < -0.4 is 9.47 Å². The van der Waals surface area contributed by atoms with Crippen LogP contribution in [0.15, 0.2) is 108 Å². The van der Waals surface area contributed by atoms with Gasteiger partial charge in [-0.25, -0.2) is 0 Å². The van der Waals surface area contributed by atoms with Gasteiger partial charge in [-0.1, -0.05) is 54.1 Å². The Kier molecular flexibility index (Phi) is 8.16. The monoisotopic (exact) mass is 1120 g/mol. The highest BCUT2D eigenvalue weighted by Gasteiger charge is 2.98. The molecule has 2 saturated carbocycles. The van der Waals surface area contributed by atoms with Crippen LogP contribution in [0.3, 0.4) is 0 Å². The average molecular weight is 1120 g/mol. The summed E-state index contributed by atoms with van der Waals surface area (Å²) in [5.41, 5.74) is 31.4. The van der Waals surface area contributed by atoms with Gasteiger partial charge in [0, 0.05) is 22.0 Å². The Hall–Kier alpha value is -6.37. The summed E-state index contributed by atoms with van der Waals surface area (Å²) in [6.45, 7) is 3.41. The average Bonchev–Trinajstić information content (AvgIpc) is 1.37. The van der Waals surface area contributed by atoms with Crippen LogP contribution in [0.4, 0.5) is 0 Å². The highest BCUT2D eigenvalue weighted by atomic mass is 32.3. The lowest BCUT2D eigenvalue weighted by Crippen LogP contribution is -2.39. The largest absolute Gasteiger partial charge is 0.497 e. The van der Waals surface area contributed by atoms with E-state index >= 15 is 0 Å². The van der Waals surface area contributed by atoms with Crippen LogP contribution in [-0.2, 0) is 31.1 Å². The molecule has 7 aromatic carbocycles. The van der Waals surface area contributed by atoms with Crippen LogP contribution >= 0.6 is 0 Å². The fourth-order valence-corrected chi connectivity index (χ4v) is 24.1. The van der Waals surface area contributed by atoms with Gasteiger partial charge in [0.05, 0.1) is 12.5 Å². The van der Waals surface area contributed by atoms with Crippen molar-refractivity contribution < 1.29 is 40.2 Å². The normalized spacial score (nSPS) is 33.8. The van der Waals surface area contributed by atoms with Gasteiger partial charge in [-0.2, -0.15) is 16.8 Å². The highest BCUT2D eigenvalue weighted by molar-refractivity contribution is 8.05. The van der Waals surface area contributed by atoms with Crippen molar-refractivity contribution in [1.29, 1.82) is 0 Å². The minimum atomic E-state index is -4.80. The second kappa shape index (κ2) is 14.2. The van der Waals surface area contributed by atoms with Crippen LogP contribution in [0.2, 0.25) is 0 Å². The molecule has 2 spiro atoms. The van der Waals surface area contributed by atoms with E-state index in [-0.39, 0.29) is 22.0 Å². The first kappa shape index (κ1) is 47.0. The van der Waals surface area contributed by atoms with Crippen LogP contribution in [0.5, 0.6) is 17.2 Å². The first-order chi connectivity index (χ1) is 39.5. The minimum Gasteiger partial charge on any atom is -0.497 e. The zero-order chi connectivity index (χ0) is 55.2. The number of ether oxygens (including phenoxy) is 2. The van der Waals surface area contributed by atoms with Gasteiger partial charge in [0.15, 0.2) is 5.78 Å². The van der Waals surface area contributed by atoms with Gasteiger partial charge >= 0.3 is 0 Å². The number of allylic oxidation sites excluding steroid dienone is 4. The van der Waals surface area contributed by atoms with Crippen molar-refractivity contribution in [2.75, 3.05) is 7.11 Å². The number of benzene rings is 7. The quantitative estimate of drug-likeness (QED) is 0.0820. The van der Waals surface area contributed by atoms with Gasteiger partial charge in [-0.15, -0.1) is 0 Å². The lowest BCUT2D eigenvalue weighted by molar-refractivity contribution is 0.103. The predicted octanol–water partition coefficient (Wildman–Crippen LogP) is 15.0. The van der Waals surface area contributed by atoms with Gasteiger partial charge in [0.25, 0.3) is 20.2 Å². The lowest BCUT2D eigenvalue weighted by Gasteiger charge is -2.40. The van der Waals surface area contributed by atoms with E-state index in [2.05, 4.69) is 55.5 Å². The summed E-state index contributed by atoms with van der Waals surface area (Å²) in [5.74, 6) is 9.43. The number of hydrogen-bond donors (Lipinski definition) is 2. The molecule has 82 heavy (non-hydrogen) atoms. The maximum atomic E-state index is 13.5. The number of hydrogen-bond acceptors (Lipinski definition) is 7. The van der Waals surface area contributed by atoms with Crippen molar-refractivity contribution in [2.24, 2.45) is 29.1 Å².